The van der Waals surface area contributed by atoms with E-state index in [2.05, 4.69) is 15.3 Å². The van der Waals surface area contributed by atoms with Crippen LogP contribution in [0, 0.1) is 0 Å². The maximum absolute atomic E-state index is 5.46. The lowest BCUT2D eigenvalue weighted by molar-refractivity contribution is 0.174. The second-order valence-electron chi connectivity index (χ2n) is 4.19. The van der Waals surface area contributed by atoms with Crippen LogP contribution in [0.15, 0.2) is 30.6 Å². The summed E-state index contributed by atoms with van der Waals surface area (Å²) in [5.41, 5.74) is 7.04. The van der Waals surface area contributed by atoms with Gasteiger partial charge in [0.15, 0.2) is 11.5 Å². The van der Waals surface area contributed by atoms with Crippen molar-refractivity contribution in [2.24, 2.45) is 5.73 Å². The largest absolute Gasteiger partial charge is 0.454 e. The van der Waals surface area contributed by atoms with E-state index in [1.807, 2.05) is 18.2 Å². The molecule has 20 heavy (non-hydrogen) atoms. The number of hydrogen-bond donors (Lipinski definition) is 2. The molecule has 0 amide bonds. The van der Waals surface area contributed by atoms with E-state index < -0.39 is 0 Å². The summed E-state index contributed by atoms with van der Waals surface area (Å²) in [6, 6.07) is 5.80. The Bertz CT molecular complexity index is 645. The minimum Gasteiger partial charge on any atom is -0.454 e. The van der Waals surface area contributed by atoms with Gasteiger partial charge in [-0.3, -0.25) is 0 Å². The molecule has 1 aliphatic rings. The van der Waals surface area contributed by atoms with Gasteiger partial charge in [0.2, 0.25) is 6.79 Å². The summed E-state index contributed by atoms with van der Waals surface area (Å²) in [6.45, 7) is 0.885. The molecule has 0 spiro atoms. The molecule has 1 aromatic heterocycles. The quantitative estimate of drug-likeness (QED) is 0.824. The average molecular weight is 288 g/mol. The van der Waals surface area contributed by atoms with Gasteiger partial charge >= 0.3 is 0 Å². The van der Waals surface area contributed by atoms with E-state index in [9.17, 15) is 0 Å². The van der Waals surface area contributed by atoms with Crippen LogP contribution >= 0.6 is 12.2 Å². The minimum atomic E-state index is 0.236. The zero-order valence-corrected chi connectivity index (χ0v) is 11.3. The molecule has 7 heteroatoms. The van der Waals surface area contributed by atoms with Crippen molar-refractivity contribution >= 4 is 23.0 Å². The summed E-state index contributed by atoms with van der Waals surface area (Å²) < 4.78 is 10.6. The van der Waals surface area contributed by atoms with Gasteiger partial charge < -0.3 is 20.5 Å². The molecule has 0 saturated heterocycles. The van der Waals surface area contributed by atoms with Crippen LogP contribution in [-0.2, 0) is 6.54 Å². The standard InChI is InChI=1S/C13H12N4O2S/c14-13(20)9-5-17-12(6-15-9)16-4-8-1-2-10-11(3-8)19-7-18-10/h1-3,5-6H,4,7H2,(H2,14,20)(H,16,17). The summed E-state index contributed by atoms with van der Waals surface area (Å²) in [5, 5.41) is 3.16. The van der Waals surface area contributed by atoms with Gasteiger partial charge in [-0.05, 0) is 17.7 Å². The Hall–Kier alpha value is -2.41. The highest BCUT2D eigenvalue weighted by molar-refractivity contribution is 7.80. The average Bonchev–Trinajstić information content (AvgIpc) is 2.93. The van der Waals surface area contributed by atoms with Gasteiger partial charge in [-0.1, -0.05) is 18.3 Å². The van der Waals surface area contributed by atoms with Gasteiger partial charge in [0.1, 0.15) is 16.5 Å². The van der Waals surface area contributed by atoms with Gasteiger partial charge in [0.05, 0.1) is 12.4 Å². The van der Waals surface area contributed by atoms with Gasteiger partial charge in [0, 0.05) is 6.54 Å². The number of nitrogens with two attached hydrogens (primary N) is 1. The third-order valence-corrected chi connectivity index (χ3v) is 3.02. The van der Waals surface area contributed by atoms with Crippen molar-refractivity contribution in [3.63, 3.8) is 0 Å². The number of fused-ring (bicyclic) bond motifs is 1. The van der Waals surface area contributed by atoms with E-state index in [0.717, 1.165) is 17.1 Å². The molecule has 3 N–H and O–H groups in total. The van der Waals surface area contributed by atoms with Crippen LogP contribution in [0.25, 0.3) is 0 Å². The third-order valence-electron chi connectivity index (χ3n) is 2.81. The number of benzene rings is 1. The highest BCUT2D eigenvalue weighted by Crippen LogP contribution is 2.32. The van der Waals surface area contributed by atoms with Crippen molar-refractivity contribution in [3.8, 4) is 11.5 Å². The molecule has 0 unspecified atom stereocenters. The van der Waals surface area contributed by atoms with Crippen LogP contribution in [-0.4, -0.2) is 21.7 Å². The smallest absolute Gasteiger partial charge is 0.231 e. The molecule has 0 aliphatic carbocycles. The summed E-state index contributed by atoms with van der Waals surface area (Å²) in [6.07, 6.45) is 3.14. The van der Waals surface area contributed by atoms with Crippen molar-refractivity contribution < 1.29 is 9.47 Å². The Morgan fingerprint density at radius 2 is 2.10 bits per heavy atom. The molecule has 0 bridgehead atoms. The number of nitrogens with one attached hydrogen (secondary N) is 1. The Kier molecular flexibility index (Phi) is 3.34. The molecule has 0 saturated carbocycles. The zero-order valence-electron chi connectivity index (χ0n) is 10.5. The molecule has 0 fully saturated rings. The minimum absolute atomic E-state index is 0.236. The summed E-state index contributed by atoms with van der Waals surface area (Å²) in [4.78, 5) is 8.54. The van der Waals surface area contributed by atoms with Crippen molar-refractivity contribution in [2.75, 3.05) is 12.1 Å². The van der Waals surface area contributed by atoms with Gasteiger partial charge in [0.25, 0.3) is 0 Å². The van der Waals surface area contributed by atoms with Crippen LogP contribution in [0.1, 0.15) is 11.3 Å². The van der Waals surface area contributed by atoms with E-state index in [4.69, 9.17) is 27.4 Å². The predicted molar refractivity (Wildman–Crippen MR) is 77.8 cm³/mol. The zero-order chi connectivity index (χ0) is 13.9. The highest BCUT2D eigenvalue weighted by Gasteiger charge is 2.12. The number of ether oxygens (including phenoxy) is 2. The van der Waals surface area contributed by atoms with E-state index in [-0.39, 0.29) is 11.8 Å². The number of hydrogen-bond acceptors (Lipinski definition) is 6. The molecule has 0 atom stereocenters. The maximum Gasteiger partial charge on any atom is 0.231 e. The topological polar surface area (TPSA) is 82.3 Å². The fourth-order valence-corrected chi connectivity index (χ4v) is 1.90. The fraction of sp³-hybridized carbons (Fsp3) is 0.154. The molecule has 2 heterocycles. The Morgan fingerprint density at radius 3 is 2.85 bits per heavy atom. The van der Waals surface area contributed by atoms with E-state index in [1.165, 1.54) is 0 Å². The Balaban J connectivity index is 1.65. The first-order valence-corrected chi connectivity index (χ1v) is 6.37. The van der Waals surface area contributed by atoms with Gasteiger partial charge in [-0.2, -0.15) is 0 Å². The third kappa shape index (κ3) is 2.62. The van der Waals surface area contributed by atoms with E-state index in [0.29, 0.717) is 18.1 Å². The van der Waals surface area contributed by atoms with Crippen molar-refractivity contribution in [3.05, 3.63) is 41.9 Å². The lowest BCUT2D eigenvalue weighted by Gasteiger charge is -2.06. The SMILES string of the molecule is NC(=S)c1cnc(NCc2ccc3c(c2)OCO3)cn1. The summed E-state index contributed by atoms with van der Waals surface area (Å²) in [7, 11) is 0. The van der Waals surface area contributed by atoms with Crippen molar-refractivity contribution in [1.82, 2.24) is 9.97 Å². The Morgan fingerprint density at radius 1 is 1.25 bits per heavy atom. The molecule has 3 rings (SSSR count). The molecule has 6 nitrogen and oxygen atoms in total. The second kappa shape index (κ2) is 5.30. The molecule has 0 radical (unpaired) electrons. The van der Waals surface area contributed by atoms with Crippen LogP contribution in [0.4, 0.5) is 5.82 Å². The monoisotopic (exact) mass is 288 g/mol. The predicted octanol–water partition coefficient (Wildman–Crippen LogP) is 1.45. The number of thiocarbonyl (C=S) groups is 1. The van der Waals surface area contributed by atoms with Crippen LogP contribution < -0.4 is 20.5 Å². The molecule has 1 aromatic carbocycles. The van der Waals surface area contributed by atoms with Crippen molar-refractivity contribution in [2.45, 2.75) is 6.54 Å². The summed E-state index contributed by atoms with van der Waals surface area (Å²) in [5.74, 6) is 2.19. The highest BCUT2D eigenvalue weighted by atomic mass is 32.1. The molecule has 102 valence electrons. The fourth-order valence-electron chi connectivity index (χ4n) is 1.79. The lowest BCUT2D eigenvalue weighted by atomic mass is 10.2. The van der Waals surface area contributed by atoms with Gasteiger partial charge in [-0.15, -0.1) is 0 Å². The van der Waals surface area contributed by atoms with E-state index in [1.54, 1.807) is 12.4 Å². The van der Waals surface area contributed by atoms with Crippen LogP contribution in [0.2, 0.25) is 0 Å². The molecule has 2 aromatic rings. The number of rotatable bonds is 4. The number of nitrogens with zero attached hydrogens (tertiary/aromatic N) is 2. The Labute approximate surface area is 120 Å². The first-order valence-electron chi connectivity index (χ1n) is 5.96. The molecular formula is C13H12N4O2S. The van der Waals surface area contributed by atoms with Crippen LogP contribution in [0.3, 0.4) is 0 Å². The molecular weight excluding hydrogens is 276 g/mol. The van der Waals surface area contributed by atoms with Crippen molar-refractivity contribution in [1.29, 1.82) is 0 Å². The van der Waals surface area contributed by atoms with E-state index >= 15 is 0 Å². The van der Waals surface area contributed by atoms with Crippen LogP contribution in [0.5, 0.6) is 11.5 Å². The number of aromatic nitrogens is 2. The maximum atomic E-state index is 5.46. The van der Waals surface area contributed by atoms with Gasteiger partial charge in [-0.25, -0.2) is 9.97 Å². The lowest BCUT2D eigenvalue weighted by Crippen LogP contribution is -2.12. The normalized spacial score (nSPS) is 12.2. The second-order valence-corrected chi connectivity index (χ2v) is 4.63. The first-order chi connectivity index (χ1) is 9.72. The number of anilines is 1. The molecule has 1 aliphatic heterocycles. The first kappa shape index (κ1) is 12.6. The summed E-state index contributed by atoms with van der Waals surface area (Å²) >= 11 is 4.82.